The van der Waals surface area contributed by atoms with Crippen molar-refractivity contribution in [1.29, 1.82) is 0 Å². The van der Waals surface area contributed by atoms with Gasteiger partial charge in [-0.05, 0) is 12.1 Å². The van der Waals surface area contributed by atoms with E-state index in [2.05, 4.69) is 31.6 Å². The summed E-state index contributed by atoms with van der Waals surface area (Å²) in [5.74, 6) is -1.06. The highest BCUT2D eigenvalue weighted by atomic mass is 32.1. The summed E-state index contributed by atoms with van der Waals surface area (Å²) in [4.78, 5) is 13.9. The van der Waals surface area contributed by atoms with Gasteiger partial charge in [-0.3, -0.25) is 0 Å². The quantitative estimate of drug-likeness (QED) is 0.337. The van der Waals surface area contributed by atoms with Crippen LogP contribution in [0, 0.1) is 0 Å². The molecule has 0 saturated carbocycles. The number of carbonyl (C=O) groups is 1. The van der Waals surface area contributed by atoms with Gasteiger partial charge in [0.1, 0.15) is 0 Å². The van der Waals surface area contributed by atoms with Crippen molar-refractivity contribution in [2.24, 2.45) is 0 Å². The molecular formula is C6H8O6S. The van der Waals surface area contributed by atoms with E-state index >= 15 is 0 Å². The van der Waals surface area contributed by atoms with Crippen LogP contribution < -0.4 is 0 Å². The van der Waals surface area contributed by atoms with Crippen molar-refractivity contribution in [3.05, 3.63) is 24.2 Å². The summed E-state index contributed by atoms with van der Waals surface area (Å²) in [5.41, 5.74) is 0. The maximum absolute atomic E-state index is 9.97. The zero-order chi connectivity index (χ0) is 10.1. The first-order valence-electron chi connectivity index (χ1n) is 3.00. The van der Waals surface area contributed by atoms with E-state index in [9.17, 15) is 4.79 Å². The van der Waals surface area contributed by atoms with Crippen molar-refractivity contribution in [2.75, 3.05) is 7.11 Å². The molecule has 0 aliphatic rings. The second kappa shape index (κ2) is 7.62. The number of thiol groups is 1. The van der Waals surface area contributed by atoms with E-state index in [-0.39, 0.29) is 5.76 Å². The molecule has 0 bridgehead atoms. The maximum atomic E-state index is 9.97. The molecule has 1 N–H and O–H groups in total. The molecule has 0 aromatic carbocycles. The summed E-state index contributed by atoms with van der Waals surface area (Å²) in [6.07, 6.45) is 1.32. The van der Waals surface area contributed by atoms with Crippen LogP contribution in [0.15, 0.2) is 22.8 Å². The van der Waals surface area contributed by atoms with E-state index < -0.39 is 5.97 Å². The van der Waals surface area contributed by atoms with Crippen molar-refractivity contribution in [2.45, 2.75) is 0 Å². The minimum Gasteiger partial charge on any atom is -0.475 e. The van der Waals surface area contributed by atoms with Crippen molar-refractivity contribution < 1.29 is 28.6 Å². The Hall–Kier alpha value is -1.02. The van der Waals surface area contributed by atoms with Gasteiger partial charge in [0, 0.05) is 12.9 Å². The van der Waals surface area contributed by atoms with Gasteiger partial charge in [-0.15, -0.1) is 4.33 Å². The van der Waals surface area contributed by atoms with Crippen molar-refractivity contribution in [1.82, 2.24) is 0 Å². The number of carboxylic acid groups (broad SMARTS) is 1. The van der Waals surface area contributed by atoms with Gasteiger partial charge in [-0.25, -0.2) is 9.68 Å². The first-order chi connectivity index (χ1) is 6.22. The van der Waals surface area contributed by atoms with Gasteiger partial charge in [0.2, 0.25) is 5.76 Å². The molecule has 0 amide bonds. The fourth-order valence-electron chi connectivity index (χ4n) is 0.431. The molecule has 0 aliphatic heterocycles. The van der Waals surface area contributed by atoms with E-state index in [1.54, 1.807) is 0 Å². The lowest BCUT2D eigenvalue weighted by Gasteiger charge is -1.83. The summed E-state index contributed by atoms with van der Waals surface area (Å²) in [6, 6.07) is 2.92. The second-order valence-electron chi connectivity index (χ2n) is 1.59. The van der Waals surface area contributed by atoms with E-state index in [0.29, 0.717) is 0 Å². The predicted molar refractivity (Wildman–Crippen MR) is 43.8 cm³/mol. The zero-order valence-electron chi connectivity index (χ0n) is 6.67. The summed E-state index contributed by atoms with van der Waals surface area (Å²) < 4.78 is 8.16. The second-order valence-corrected chi connectivity index (χ2v) is 1.74. The lowest BCUT2D eigenvalue weighted by atomic mass is 10.5. The Bertz CT molecular complexity index is 219. The smallest absolute Gasteiger partial charge is 0.371 e. The third-order valence-corrected chi connectivity index (χ3v) is 0.891. The Balaban J connectivity index is 0.000000252. The van der Waals surface area contributed by atoms with Gasteiger partial charge in [0.15, 0.2) is 0 Å². The van der Waals surface area contributed by atoms with Crippen LogP contribution in [-0.4, -0.2) is 18.2 Å². The molecule has 7 heteroatoms. The van der Waals surface area contributed by atoms with Crippen LogP contribution >= 0.6 is 12.9 Å². The molecule has 0 saturated heterocycles. The van der Waals surface area contributed by atoms with Crippen LogP contribution in [0.5, 0.6) is 0 Å². The summed E-state index contributed by atoms with van der Waals surface area (Å²) >= 11 is 3.15. The van der Waals surface area contributed by atoms with Crippen molar-refractivity contribution in [3.8, 4) is 0 Å². The van der Waals surface area contributed by atoms with Crippen LogP contribution in [0.1, 0.15) is 10.6 Å². The number of hydrogen-bond donors (Lipinski definition) is 2. The Morgan fingerprint density at radius 3 is 2.54 bits per heavy atom. The molecule has 0 unspecified atom stereocenters. The normalized spacial score (nSPS) is 8.77. The van der Waals surface area contributed by atoms with Crippen LogP contribution in [0.25, 0.3) is 0 Å². The standard InChI is InChI=1S/C5H4O3.CH4O3S/c6-5(7)4-2-1-3-8-4;1-2-3-4-5/h1-3H,(H,6,7);5H,1H3. The van der Waals surface area contributed by atoms with E-state index in [1.165, 1.54) is 25.5 Å². The maximum Gasteiger partial charge on any atom is 0.371 e. The van der Waals surface area contributed by atoms with Crippen molar-refractivity contribution in [3.63, 3.8) is 0 Å². The zero-order valence-corrected chi connectivity index (χ0v) is 7.56. The number of hydrogen-bond acceptors (Lipinski definition) is 6. The summed E-state index contributed by atoms with van der Waals surface area (Å²) in [6.45, 7) is 0. The predicted octanol–water partition coefficient (Wildman–Crippen LogP) is 1.32. The molecule has 6 nitrogen and oxygen atoms in total. The highest BCUT2D eigenvalue weighted by Gasteiger charge is 2.01. The molecule has 1 heterocycles. The van der Waals surface area contributed by atoms with Crippen molar-refractivity contribution >= 4 is 18.9 Å². The summed E-state index contributed by atoms with van der Waals surface area (Å²) in [7, 11) is 1.32. The average molecular weight is 208 g/mol. The van der Waals surface area contributed by atoms with E-state index in [0.717, 1.165) is 0 Å². The third kappa shape index (κ3) is 6.17. The Morgan fingerprint density at radius 2 is 2.38 bits per heavy atom. The Morgan fingerprint density at radius 1 is 1.69 bits per heavy atom. The van der Waals surface area contributed by atoms with Crippen LogP contribution in [0.3, 0.4) is 0 Å². The largest absolute Gasteiger partial charge is 0.475 e. The minimum atomic E-state index is -1.03. The number of rotatable bonds is 3. The molecule has 0 spiro atoms. The van der Waals surface area contributed by atoms with Gasteiger partial charge in [-0.1, -0.05) is 5.04 Å². The van der Waals surface area contributed by atoms with Crippen LogP contribution in [-0.2, 0) is 14.3 Å². The summed E-state index contributed by atoms with van der Waals surface area (Å²) in [5, 5.41) is 11.9. The lowest BCUT2D eigenvalue weighted by molar-refractivity contribution is -0.446. The lowest BCUT2D eigenvalue weighted by Crippen LogP contribution is -1.90. The highest BCUT2D eigenvalue weighted by molar-refractivity contribution is 7.74. The Kier molecular flexibility index (Phi) is 7.02. The van der Waals surface area contributed by atoms with E-state index in [4.69, 9.17) is 5.11 Å². The molecule has 0 atom stereocenters. The fraction of sp³-hybridized carbons (Fsp3) is 0.167. The fourth-order valence-corrected chi connectivity index (χ4v) is 0.492. The highest BCUT2D eigenvalue weighted by Crippen LogP contribution is 1.97. The van der Waals surface area contributed by atoms with Gasteiger partial charge in [-0.2, -0.15) is 0 Å². The molecule has 0 fully saturated rings. The van der Waals surface area contributed by atoms with Gasteiger partial charge in [0.25, 0.3) is 0 Å². The SMILES string of the molecule is COOOS.O=C(O)c1ccco1. The first kappa shape index (κ1) is 12.0. The monoisotopic (exact) mass is 208 g/mol. The van der Waals surface area contributed by atoms with Crippen LogP contribution in [0.4, 0.5) is 0 Å². The van der Waals surface area contributed by atoms with Crippen LogP contribution in [0.2, 0.25) is 0 Å². The number of aromatic carboxylic acids is 1. The molecule has 74 valence electrons. The third-order valence-electron chi connectivity index (χ3n) is 0.830. The molecular weight excluding hydrogens is 200 g/mol. The molecule has 1 aromatic heterocycles. The average Bonchev–Trinajstić information content (AvgIpc) is 2.58. The molecule has 13 heavy (non-hydrogen) atoms. The molecule has 0 radical (unpaired) electrons. The van der Waals surface area contributed by atoms with E-state index in [1.807, 2.05) is 0 Å². The number of furan rings is 1. The molecule has 0 aliphatic carbocycles. The number of carboxylic acids is 1. The van der Waals surface area contributed by atoms with Gasteiger partial charge >= 0.3 is 5.97 Å². The minimum absolute atomic E-state index is 0.0231. The molecule has 1 rings (SSSR count). The Labute approximate surface area is 79.5 Å². The van der Waals surface area contributed by atoms with Gasteiger partial charge in [0.05, 0.1) is 13.4 Å². The molecule has 1 aromatic rings. The topological polar surface area (TPSA) is 78.1 Å². The van der Waals surface area contributed by atoms with Gasteiger partial charge < -0.3 is 9.52 Å². The first-order valence-corrected chi connectivity index (χ1v) is 3.36.